The van der Waals surface area contributed by atoms with E-state index >= 15 is 0 Å². The second-order valence-corrected chi connectivity index (χ2v) is 7.53. The Kier molecular flexibility index (Phi) is 5.23. The van der Waals surface area contributed by atoms with E-state index in [0.29, 0.717) is 11.2 Å². The molecule has 1 aromatic carbocycles. The monoisotopic (exact) mass is 317 g/mol. The van der Waals surface area contributed by atoms with Gasteiger partial charge in [0.1, 0.15) is 5.75 Å². The van der Waals surface area contributed by atoms with Gasteiger partial charge < -0.3 is 15.3 Å². The van der Waals surface area contributed by atoms with Crippen molar-refractivity contribution in [2.75, 3.05) is 19.6 Å². The minimum atomic E-state index is 0.130. The number of benzene rings is 1. The molecule has 0 aromatic heterocycles. The van der Waals surface area contributed by atoms with Crippen LogP contribution in [0.1, 0.15) is 46.6 Å². The fraction of sp³-hybridized carbons (Fsp3) is 0.632. The highest BCUT2D eigenvalue weighted by Crippen LogP contribution is 2.46. The highest BCUT2D eigenvalue weighted by molar-refractivity contribution is 5.82. The average Bonchev–Trinajstić information content (AvgIpc) is 2.50. The number of likely N-dealkylation sites (tertiary alicyclic amines) is 1. The quantitative estimate of drug-likeness (QED) is 0.497. The molecule has 2 rings (SSSR count). The van der Waals surface area contributed by atoms with E-state index in [0.717, 1.165) is 38.4 Å². The van der Waals surface area contributed by atoms with Crippen molar-refractivity contribution in [1.29, 1.82) is 0 Å². The zero-order valence-corrected chi connectivity index (χ0v) is 15.2. The summed E-state index contributed by atoms with van der Waals surface area (Å²) in [6.07, 6.45) is 2.00. The Bertz CT molecular complexity index is 546. The molecule has 0 radical (unpaired) electrons. The zero-order valence-electron chi connectivity index (χ0n) is 15.2. The number of hydrogen-bond acceptors (Lipinski definition) is 2. The molecule has 1 heterocycles. The second kappa shape index (κ2) is 6.81. The number of nitrogens with zero attached hydrogens (tertiary/aromatic N) is 2. The minimum absolute atomic E-state index is 0.130. The lowest BCUT2D eigenvalue weighted by Gasteiger charge is -2.62. The van der Waals surface area contributed by atoms with Gasteiger partial charge in [0.05, 0.1) is 0 Å². The summed E-state index contributed by atoms with van der Waals surface area (Å²) in [6.45, 7) is 14.1. The Morgan fingerprint density at radius 2 is 1.87 bits per heavy atom. The third-order valence-corrected chi connectivity index (χ3v) is 5.30. The van der Waals surface area contributed by atoms with Gasteiger partial charge in [0.25, 0.3) is 0 Å². The van der Waals surface area contributed by atoms with Gasteiger partial charge in [0, 0.05) is 30.6 Å². The number of hydrogen-bond donors (Lipinski definition) is 2. The molecular weight excluding hydrogens is 286 g/mol. The molecule has 0 amide bonds. The van der Waals surface area contributed by atoms with Crippen LogP contribution in [0.5, 0.6) is 5.75 Å². The van der Waals surface area contributed by atoms with Crippen LogP contribution in [0.25, 0.3) is 0 Å². The standard InChI is InChI=1S/C19H31N3O/c1-6-20-17(22-14-18(2,3)19(22,4)5)21-13-7-8-15-9-11-16(23)12-10-15/h9-12,23H,6-8,13-14H2,1-5H3,(H,20,21). The van der Waals surface area contributed by atoms with Crippen LogP contribution in [0, 0.1) is 5.41 Å². The summed E-state index contributed by atoms with van der Waals surface area (Å²) in [5.41, 5.74) is 1.69. The highest BCUT2D eigenvalue weighted by atomic mass is 16.3. The molecule has 1 aliphatic heterocycles. The Morgan fingerprint density at radius 3 is 2.39 bits per heavy atom. The molecule has 2 N–H and O–H groups in total. The van der Waals surface area contributed by atoms with E-state index in [4.69, 9.17) is 4.99 Å². The predicted octanol–water partition coefficient (Wildman–Crippen LogP) is 3.41. The molecule has 1 saturated heterocycles. The number of aromatic hydroxyl groups is 1. The summed E-state index contributed by atoms with van der Waals surface area (Å²) in [5.74, 6) is 1.35. The van der Waals surface area contributed by atoms with Crippen molar-refractivity contribution >= 4 is 5.96 Å². The van der Waals surface area contributed by atoms with Crippen molar-refractivity contribution in [3.8, 4) is 5.75 Å². The number of phenols is 1. The summed E-state index contributed by atoms with van der Waals surface area (Å²) >= 11 is 0. The first-order valence-corrected chi connectivity index (χ1v) is 8.62. The number of aliphatic imine (C=N–C) groups is 1. The highest BCUT2D eigenvalue weighted by Gasteiger charge is 2.53. The SMILES string of the molecule is CCNC(=NCCCc1ccc(O)cc1)N1CC(C)(C)C1(C)C. The number of aryl methyl sites for hydroxylation is 1. The largest absolute Gasteiger partial charge is 0.508 e. The lowest BCUT2D eigenvalue weighted by atomic mass is 9.65. The van der Waals surface area contributed by atoms with Crippen molar-refractivity contribution in [1.82, 2.24) is 10.2 Å². The zero-order chi connectivity index (χ0) is 17.1. The number of phenolic OH excluding ortho intramolecular Hbond substituents is 1. The maximum Gasteiger partial charge on any atom is 0.194 e. The van der Waals surface area contributed by atoms with E-state index in [2.05, 4.69) is 44.8 Å². The van der Waals surface area contributed by atoms with Crippen molar-refractivity contribution in [3.05, 3.63) is 29.8 Å². The fourth-order valence-electron chi connectivity index (χ4n) is 2.93. The molecule has 1 fully saturated rings. The Labute approximate surface area is 140 Å². The minimum Gasteiger partial charge on any atom is -0.508 e. The number of guanidine groups is 1. The van der Waals surface area contributed by atoms with Crippen molar-refractivity contribution < 1.29 is 5.11 Å². The summed E-state index contributed by atoms with van der Waals surface area (Å²) in [7, 11) is 0. The third-order valence-electron chi connectivity index (χ3n) is 5.30. The molecule has 1 aliphatic rings. The second-order valence-electron chi connectivity index (χ2n) is 7.53. The smallest absolute Gasteiger partial charge is 0.194 e. The van der Waals surface area contributed by atoms with Crippen molar-refractivity contribution in [2.24, 2.45) is 10.4 Å². The van der Waals surface area contributed by atoms with Gasteiger partial charge in [0.15, 0.2) is 5.96 Å². The molecule has 0 bridgehead atoms. The lowest BCUT2D eigenvalue weighted by molar-refractivity contribution is -0.0667. The summed E-state index contributed by atoms with van der Waals surface area (Å²) in [4.78, 5) is 7.20. The van der Waals surface area contributed by atoms with Gasteiger partial charge in [-0.3, -0.25) is 4.99 Å². The van der Waals surface area contributed by atoms with Gasteiger partial charge in [-0.2, -0.15) is 0 Å². The van der Waals surface area contributed by atoms with Gasteiger partial charge >= 0.3 is 0 Å². The van der Waals surface area contributed by atoms with Gasteiger partial charge in [-0.15, -0.1) is 0 Å². The molecule has 1 aromatic rings. The Morgan fingerprint density at radius 1 is 1.22 bits per heavy atom. The topological polar surface area (TPSA) is 47.9 Å². The first-order chi connectivity index (χ1) is 10.8. The summed E-state index contributed by atoms with van der Waals surface area (Å²) < 4.78 is 0. The van der Waals surface area contributed by atoms with Gasteiger partial charge in [-0.05, 0) is 51.3 Å². The maximum absolute atomic E-state index is 9.31. The molecule has 128 valence electrons. The van der Waals surface area contributed by atoms with Crippen LogP contribution in [0.3, 0.4) is 0 Å². The number of nitrogens with one attached hydrogen (secondary N) is 1. The van der Waals surface area contributed by atoms with E-state index in [1.54, 1.807) is 12.1 Å². The van der Waals surface area contributed by atoms with E-state index in [1.807, 2.05) is 12.1 Å². The summed E-state index contributed by atoms with van der Waals surface area (Å²) in [6, 6.07) is 7.44. The molecule has 4 nitrogen and oxygen atoms in total. The van der Waals surface area contributed by atoms with E-state index < -0.39 is 0 Å². The lowest BCUT2D eigenvalue weighted by Crippen LogP contribution is -2.72. The first kappa shape index (κ1) is 17.6. The molecule has 0 atom stereocenters. The van der Waals surface area contributed by atoms with Crippen LogP contribution in [-0.4, -0.2) is 41.1 Å². The maximum atomic E-state index is 9.31. The van der Waals surface area contributed by atoms with Crippen LogP contribution in [0.4, 0.5) is 0 Å². The molecular formula is C19H31N3O. The molecule has 4 heteroatoms. The van der Waals surface area contributed by atoms with E-state index in [9.17, 15) is 5.11 Å². The first-order valence-electron chi connectivity index (χ1n) is 8.62. The van der Waals surface area contributed by atoms with E-state index in [-0.39, 0.29) is 5.54 Å². The molecule has 0 unspecified atom stereocenters. The van der Waals surface area contributed by atoms with Crippen LogP contribution >= 0.6 is 0 Å². The molecule has 0 spiro atoms. The van der Waals surface area contributed by atoms with Gasteiger partial charge in [-0.25, -0.2) is 0 Å². The number of rotatable bonds is 5. The van der Waals surface area contributed by atoms with Crippen molar-refractivity contribution in [2.45, 2.75) is 53.0 Å². The van der Waals surface area contributed by atoms with Crippen LogP contribution < -0.4 is 5.32 Å². The molecule has 23 heavy (non-hydrogen) atoms. The Hall–Kier alpha value is -1.71. The van der Waals surface area contributed by atoms with Crippen LogP contribution in [-0.2, 0) is 6.42 Å². The van der Waals surface area contributed by atoms with E-state index in [1.165, 1.54) is 5.56 Å². The fourth-order valence-corrected chi connectivity index (χ4v) is 2.93. The van der Waals surface area contributed by atoms with Crippen molar-refractivity contribution in [3.63, 3.8) is 0 Å². The molecule has 0 aliphatic carbocycles. The average molecular weight is 317 g/mol. The normalized spacial score (nSPS) is 19.3. The van der Waals surface area contributed by atoms with Crippen LogP contribution in [0.2, 0.25) is 0 Å². The third kappa shape index (κ3) is 3.80. The summed E-state index contributed by atoms with van der Waals surface area (Å²) in [5, 5.41) is 12.7. The van der Waals surface area contributed by atoms with Gasteiger partial charge in [0.2, 0.25) is 0 Å². The van der Waals surface area contributed by atoms with Gasteiger partial charge in [-0.1, -0.05) is 26.0 Å². The predicted molar refractivity (Wildman–Crippen MR) is 97.0 cm³/mol. The van der Waals surface area contributed by atoms with Crippen LogP contribution in [0.15, 0.2) is 29.3 Å². The molecule has 0 saturated carbocycles. The Balaban J connectivity index is 1.91.